The molecule has 0 radical (unpaired) electrons. The molecule has 2 heteroatoms. The molecule has 9 aromatic carbocycles. The lowest BCUT2D eigenvalue weighted by molar-refractivity contribution is 0.660. The second kappa shape index (κ2) is 13.5. The van der Waals surface area contributed by atoms with Crippen molar-refractivity contribution in [1.29, 1.82) is 0 Å². The van der Waals surface area contributed by atoms with Crippen LogP contribution in [0.3, 0.4) is 0 Å². The average molecular weight is 795 g/mol. The predicted molar refractivity (Wildman–Crippen MR) is 261 cm³/mol. The van der Waals surface area contributed by atoms with Crippen molar-refractivity contribution in [1.82, 2.24) is 4.57 Å². The Morgan fingerprint density at radius 1 is 0.371 bits per heavy atom. The van der Waals surface area contributed by atoms with E-state index >= 15 is 0 Å². The Bertz CT molecular complexity index is 3370. The molecule has 2 nitrogen and oxygen atoms in total. The Morgan fingerprint density at radius 2 is 0.903 bits per heavy atom. The van der Waals surface area contributed by atoms with Gasteiger partial charge in [0.1, 0.15) is 0 Å². The van der Waals surface area contributed by atoms with E-state index < -0.39 is 0 Å². The van der Waals surface area contributed by atoms with Crippen molar-refractivity contribution >= 4 is 38.9 Å². The zero-order chi connectivity index (χ0) is 41.7. The highest BCUT2D eigenvalue weighted by molar-refractivity contribution is 6.17. The number of hydrogen-bond donors (Lipinski definition) is 0. The van der Waals surface area contributed by atoms with Gasteiger partial charge in [0.05, 0.1) is 16.7 Å². The van der Waals surface area contributed by atoms with Crippen LogP contribution in [0.5, 0.6) is 0 Å². The van der Waals surface area contributed by atoms with Gasteiger partial charge in [-0.1, -0.05) is 173 Å². The summed E-state index contributed by atoms with van der Waals surface area (Å²) in [5.74, 6) is 0. The highest BCUT2D eigenvalue weighted by Gasteiger charge is 2.38. The lowest BCUT2D eigenvalue weighted by Crippen LogP contribution is -2.16. The summed E-state index contributed by atoms with van der Waals surface area (Å²) >= 11 is 0. The Kier molecular flexibility index (Phi) is 7.96. The minimum Gasteiger partial charge on any atom is -0.310 e. The van der Waals surface area contributed by atoms with Gasteiger partial charge in [-0.2, -0.15) is 0 Å². The van der Waals surface area contributed by atoms with Crippen LogP contribution in [0.4, 0.5) is 17.1 Å². The Morgan fingerprint density at radius 3 is 1.61 bits per heavy atom. The van der Waals surface area contributed by atoms with E-state index in [4.69, 9.17) is 0 Å². The molecule has 0 N–H and O–H groups in total. The zero-order valence-electron chi connectivity index (χ0n) is 35.5. The van der Waals surface area contributed by atoms with E-state index in [9.17, 15) is 0 Å². The van der Waals surface area contributed by atoms with Crippen molar-refractivity contribution in [2.45, 2.75) is 38.5 Å². The first kappa shape index (κ1) is 36.4. The fraction of sp³-hybridized carbons (Fsp3) is 0.100. The number of fused-ring (bicyclic) bond motifs is 9. The summed E-state index contributed by atoms with van der Waals surface area (Å²) in [5, 5.41) is 2.55. The topological polar surface area (TPSA) is 8.17 Å². The van der Waals surface area contributed by atoms with Gasteiger partial charge in [0.15, 0.2) is 0 Å². The van der Waals surface area contributed by atoms with Gasteiger partial charge in [0.2, 0.25) is 0 Å². The molecule has 0 bridgehead atoms. The lowest BCUT2D eigenvalue weighted by Gasteiger charge is -2.29. The second-order valence-corrected chi connectivity index (χ2v) is 18.1. The van der Waals surface area contributed by atoms with Gasteiger partial charge in [-0.05, 0) is 122 Å². The van der Waals surface area contributed by atoms with Gasteiger partial charge >= 0.3 is 0 Å². The number of anilines is 3. The number of para-hydroxylation sites is 1. The van der Waals surface area contributed by atoms with Crippen molar-refractivity contribution in [3.8, 4) is 50.2 Å². The molecule has 0 saturated heterocycles. The van der Waals surface area contributed by atoms with Crippen molar-refractivity contribution < 1.29 is 0 Å². The maximum Gasteiger partial charge on any atom is 0.0547 e. The Hall–Kier alpha value is -7.42. The molecule has 2 aliphatic carbocycles. The second-order valence-electron chi connectivity index (χ2n) is 18.1. The maximum atomic E-state index is 2.48. The summed E-state index contributed by atoms with van der Waals surface area (Å²) in [7, 11) is 0. The van der Waals surface area contributed by atoms with E-state index in [1.54, 1.807) is 0 Å². The number of hydrogen-bond acceptors (Lipinski definition) is 1. The minimum absolute atomic E-state index is 0.0960. The van der Waals surface area contributed by atoms with Crippen LogP contribution in [0, 0.1) is 0 Å². The fourth-order valence-corrected chi connectivity index (χ4v) is 10.9. The summed E-state index contributed by atoms with van der Waals surface area (Å²) in [5.41, 5.74) is 22.5. The maximum absolute atomic E-state index is 2.48. The van der Waals surface area contributed by atoms with Gasteiger partial charge in [-0.3, -0.25) is 0 Å². The van der Waals surface area contributed by atoms with Crippen molar-refractivity contribution in [2.75, 3.05) is 4.90 Å². The Labute approximate surface area is 364 Å². The molecule has 2 aliphatic rings. The first-order valence-corrected chi connectivity index (χ1v) is 21.9. The van der Waals surface area contributed by atoms with E-state index in [-0.39, 0.29) is 10.8 Å². The third kappa shape index (κ3) is 5.29. The molecule has 10 aromatic rings. The number of rotatable bonds is 6. The molecule has 0 amide bonds. The molecule has 0 aliphatic heterocycles. The van der Waals surface area contributed by atoms with Crippen LogP contribution in [0.15, 0.2) is 206 Å². The van der Waals surface area contributed by atoms with Gasteiger partial charge in [0, 0.05) is 44.2 Å². The monoisotopic (exact) mass is 794 g/mol. The standard InChI is InChI=1S/C60H46N2/c1-59(2)51-25-14-12-22-47(51)58-52(59)26-16-28-55(58)61(43-33-29-40(30-34-43)39-17-7-5-8-18-39)44-35-31-41(32-36-44)45-23-15-27-54-57(45)49-37-48-46-21-11-13-24-50(46)60(3,4)53(48)38-56(49)62(54)42-19-9-6-10-20-42/h5-38H,1-4H3. The molecule has 12 rings (SSSR count). The first-order chi connectivity index (χ1) is 30.3. The average Bonchev–Trinajstić information content (AvgIpc) is 3.86. The van der Waals surface area contributed by atoms with Crippen molar-refractivity contribution in [3.05, 3.63) is 229 Å². The van der Waals surface area contributed by atoms with Crippen LogP contribution in [-0.2, 0) is 10.8 Å². The molecule has 296 valence electrons. The smallest absolute Gasteiger partial charge is 0.0547 e. The van der Waals surface area contributed by atoms with E-state index in [1.807, 2.05) is 0 Å². The summed E-state index contributed by atoms with van der Waals surface area (Å²) in [6, 6.07) is 76.4. The van der Waals surface area contributed by atoms with E-state index in [0.29, 0.717) is 0 Å². The van der Waals surface area contributed by atoms with Crippen LogP contribution in [0.1, 0.15) is 49.9 Å². The van der Waals surface area contributed by atoms with Crippen LogP contribution in [-0.4, -0.2) is 4.57 Å². The molecule has 1 aromatic heterocycles. The van der Waals surface area contributed by atoms with Crippen LogP contribution < -0.4 is 4.90 Å². The zero-order valence-corrected chi connectivity index (χ0v) is 35.5. The molecular weight excluding hydrogens is 749 g/mol. The third-order valence-electron chi connectivity index (χ3n) is 14.0. The van der Waals surface area contributed by atoms with Gasteiger partial charge in [-0.15, -0.1) is 0 Å². The lowest BCUT2D eigenvalue weighted by atomic mass is 9.82. The Balaban J connectivity index is 1.05. The molecule has 0 unspecified atom stereocenters. The highest BCUT2D eigenvalue weighted by atomic mass is 15.1. The van der Waals surface area contributed by atoms with Crippen LogP contribution in [0.2, 0.25) is 0 Å². The SMILES string of the molecule is CC1(C)c2ccccc2-c2cc3c4c(-c5ccc(N(c6ccc(-c7ccccc7)cc6)c6cccc7c6-c6ccccc6C7(C)C)cc5)cccc4n(-c4ccccc4)c3cc21. The number of benzene rings is 9. The van der Waals surface area contributed by atoms with Gasteiger partial charge in [0.25, 0.3) is 0 Å². The minimum atomic E-state index is -0.107. The summed E-state index contributed by atoms with van der Waals surface area (Å²) in [6.07, 6.45) is 0. The molecule has 0 fully saturated rings. The van der Waals surface area contributed by atoms with Crippen LogP contribution >= 0.6 is 0 Å². The summed E-state index contributed by atoms with van der Waals surface area (Å²) in [6.45, 7) is 9.46. The predicted octanol–water partition coefficient (Wildman–Crippen LogP) is 16.2. The van der Waals surface area contributed by atoms with Crippen molar-refractivity contribution in [3.63, 3.8) is 0 Å². The van der Waals surface area contributed by atoms with Gasteiger partial charge < -0.3 is 9.47 Å². The van der Waals surface area contributed by atoms with Crippen LogP contribution in [0.25, 0.3) is 72.0 Å². The normalized spacial score (nSPS) is 14.1. The first-order valence-electron chi connectivity index (χ1n) is 21.9. The van der Waals surface area contributed by atoms with E-state index in [1.165, 1.54) is 99.9 Å². The largest absolute Gasteiger partial charge is 0.310 e. The molecule has 0 atom stereocenters. The molecule has 0 saturated carbocycles. The van der Waals surface area contributed by atoms with E-state index in [0.717, 1.165) is 11.4 Å². The number of nitrogens with zero attached hydrogens (tertiary/aromatic N) is 2. The molecular formula is C60H46N2. The van der Waals surface area contributed by atoms with E-state index in [2.05, 4.69) is 243 Å². The molecule has 1 heterocycles. The van der Waals surface area contributed by atoms with Crippen molar-refractivity contribution in [2.24, 2.45) is 0 Å². The van der Waals surface area contributed by atoms with Gasteiger partial charge in [-0.25, -0.2) is 0 Å². The number of aromatic nitrogens is 1. The highest BCUT2D eigenvalue weighted by Crippen LogP contribution is 2.55. The fourth-order valence-electron chi connectivity index (χ4n) is 10.9. The quantitative estimate of drug-likeness (QED) is 0.163. The molecule has 62 heavy (non-hydrogen) atoms. The summed E-state index contributed by atoms with van der Waals surface area (Å²) < 4.78 is 2.47. The molecule has 0 spiro atoms. The summed E-state index contributed by atoms with van der Waals surface area (Å²) in [4.78, 5) is 2.46. The third-order valence-corrected chi connectivity index (χ3v) is 14.0.